The van der Waals surface area contributed by atoms with Crippen molar-refractivity contribution in [2.75, 3.05) is 0 Å². The average Bonchev–Trinajstić information content (AvgIpc) is 2.25. The van der Waals surface area contributed by atoms with Crippen molar-refractivity contribution in [1.29, 1.82) is 0 Å². The molecule has 0 bridgehead atoms. The highest BCUT2D eigenvalue weighted by molar-refractivity contribution is 6.19. The quantitative estimate of drug-likeness (QED) is 0.361. The summed E-state index contributed by atoms with van der Waals surface area (Å²) in [6.45, 7) is 3.45. The Morgan fingerprint density at radius 3 is 2.69 bits per heavy atom. The lowest BCUT2D eigenvalue weighted by molar-refractivity contribution is -0.384. The molecule has 0 radical (unpaired) electrons. The van der Waals surface area contributed by atoms with E-state index in [-0.39, 0.29) is 11.3 Å². The predicted octanol–water partition coefficient (Wildman–Crippen LogP) is 1.65. The zero-order chi connectivity index (χ0) is 12.1. The predicted molar refractivity (Wildman–Crippen MR) is 60.5 cm³/mol. The van der Waals surface area contributed by atoms with Crippen LogP contribution in [0.2, 0.25) is 0 Å². The highest BCUT2D eigenvalue weighted by Crippen LogP contribution is 2.19. The van der Waals surface area contributed by atoms with Crippen LogP contribution < -0.4 is 5.73 Å². The largest absolute Gasteiger partial charge is 0.366 e. The molecular weight excluding hydrogens is 208 g/mol. The van der Waals surface area contributed by atoms with Gasteiger partial charge in [0.25, 0.3) is 5.69 Å². The number of nitro groups is 1. The van der Waals surface area contributed by atoms with Crippen molar-refractivity contribution in [3.8, 4) is 0 Å². The Morgan fingerprint density at radius 2 is 2.19 bits per heavy atom. The lowest BCUT2D eigenvalue weighted by Gasteiger charge is -2.02. The number of carbonyl (C=O) groups is 1. The molecule has 0 fully saturated rings. The van der Waals surface area contributed by atoms with Crippen LogP contribution in [0.1, 0.15) is 5.56 Å². The first-order chi connectivity index (χ1) is 7.56. The number of hydrogen-bond donors (Lipinski definition) is 1. The Morgan fingerprint density at radius 1 is 1.50 bits per heavy atom. The van der Waals surface area contributed by atoms with Gasteiger partial charge < -0.3 is 5.73 Å². The van der Waals surface area contributed by atoms with Gasteiger partial charge in [0.2, 0.25) is 5.91 Å². The van der Waals surface area contributed by atoms with E-state index in [4.69, 9.17) is 5.73 Å². The van der Waals surface area contributed by atoms with E-state index in [2.05, 4.69) is 6.58 Å². The van der Waals surface area contributed by atoms with E-state index in [9.17, 15) is 14.9 Å². The number of amides is 1. The van der Waals surface area contributed by atoms with E-state index in [0.717, 1.165) is 0 Å². The first kappa shape index (κ1) is 11.6. The van der Waals surface area contributed by atoms with Crippen molar-refractivity contribution in [3.05, 3.63) is 58.7 Å². The molecule has 0 aliphatic rings. The number of hydrogen-bond acceptors (Lipinski definition) is 3. The minimum absolute atomic E-state index is 0.0892. The number of nitro benzene ring substituents is 1. The molecule has 0 heterocycles. The molecule has 0 unspecified atom stereocenters. The first-order valence-corrected chi connectivity index (χ1v) is 4.43. The van der Waals surface area contributed by atoms with Crippen molar-refractivity contribution < 1.29 is 9.72 Å². The second-order valence-corrected chi connectivity index (χ2v) is 2.99. The highest BCUT2D eigenvalue weighted by Gasteiger charge is 2.11. The SMILES string of the molecule is C=CC=C(C(N)=O)c1cccc([N+](=O)[O-])c1. The summed E-state index contributed by atoms with van der Waals surface area (Å²) in [5, 5.41) is 10.6. The summed E-state index contributed by atoms with van der Waals surface area (Å²) >= 11 is 0. The molecule has 0 atom stereocenters. The van der Waals surface area contributed by atoms with Gasteiger partial charge in [-0.15, -0.1) is 0 Å². The molecular formula is C11H10N2O3. The molecule has 0 aliphatic heterocycles. The molecule has 0 saturated heterocycles. The van der Waals surface area contributed by atoms with E-state index in [1.165, 1.54) is 30.4 Å². The second kappa shape index (κ2) is 4.88. The number of allylic oxidation sites excluding steroid dienone is 2. The molecule has 0 saturated carbocycles. The minimum atomic E-state index is -0.652. The molecule has 1 rings (SSSR count). The molecule has 5 heteroatoms. The molecule has 1 aromatic rings. The summed E-state index contributed by atoms with van der Waals surface area (Å²) in [4.78, 5) is 21.1. The van der Waals surface area contributed by atoms with Gasteiger partial charge in [-0.2, -0.15) is 0 Å². The molecule has 0 aliphatic carbocycles. The standard InChI is InChI=1S/C11H10N2O3/c1-2-4-10(11(12)14)8-5-3-6-9(7-8)13(15)16/h2-7H,1H2,(H2,12,14). The zero-order valence-corrected chi connectivity index (χ0v) is 8.42. The number of non-ortho nitro benzene ring substituents is 1. The van der Waals surface area contributed by atoms with Gasteiger partial charge in [0, 0.05) is 17.7 Å². The van der Waals surface area contributed by atoms with Crippen molar-refractivity contribution >= 4 is 17.2 Å². The Kier molecular flexibility index (Phi) is 3.55. The van der Waals surface area contributed by atoms with Crippen LogP contribution in [-0.2, 0) is 4.79 Å². The fourth-order valence-electron chi connectivity index (χ4n) is 1.23. The lowest BCUT2D eigenvalue weighted by atomic mass is 10.0. The van der Waals surface area contributed by atoms with E-state index in [1.807, 2.05) is 0 Å². The summed E-state index contributed by atoms with van der Waals surface area (Å²) < 4.78 is 0. The maximum absolute atomic E-state index is 11.1. The summed E-state index contributed by atoms with van der Waals surface area (Å²) in [6.07, 6.45) is 2.82. The molecule has 5 nitrogen and oxygen atoms in total. The van der Waals surface area contributed by atoms with Crippen LogP contribution in [0.5, 0.6) is 0 Å². The van der Waals surface area contributed by atoms with Gasteiger partial charge in [-0.25, -0.2) is 0 Å². The third-order valence-electron chi connectivity index (χ3n) is 1.92. The smallest absolute Gasteiger partial charge is 0.270 e. The van der Waals surface area contributed by atoms with E-state index in [0.29, 0.717) is 5.56 Å². The lowest BCUT2D eigenvalue weighted by Crippen LogP contribution is -2.12. The van der Waals surface area contributed by atoms with Crippen molar-refractivity contribution in [2.24, 2.45) is 5.73 Å². The fraction of sp³-hybridized carbons (Fsp3) is 0. The molecule has 0 aromatic heterocycles. The molecule has 2 N–H and O–H groups in total. The van der Waals surface area contributed by atoms with E-state index >= 15 is 0 Å². The van der Waals surface area contributed by atoms with Gasteiger partial charge in [-0.1, -0.05) is 24.8 Å². The minimum Gasteiger partial charge on any atom is -0.366 e. The van der Waals surface area contributed by atoms with Crippen LogP contribution in [-0.4, -0.2) is 10.8 Å². The average molecular weight is 218 g/mol. The maximum atomic E-state index is 11.1. The van der Waals surface area contributed by atoms with E-state index < -0.39 is 10.8 Å². The molecule has 1 amide bonds. The molecule has 0 spiro atoms. The fourth-order valence-corrected chi connectivity index (χ4v) is 1.23. The number of primary amides is 1. The Balaban J connectivity index is 3.26. The molecule has 1 aromatic carbocycles. The van der Waals surface area contributed by atoms with Gasteiger partial charge in [0.05, 0.1) is 4.92 Å². The van der Waals surface area contributed by atoms with Crippen molar-refractivity contribution in [2.45, 2.75) is 0 Å². The Bertz CT molecular complexity index is 478. The van der Waals surface area contributed by atoms with Crippen molar-refractivity contribution in [1.82, 2.24) is 0 Å². The van der Waals surface area contributed by atoms with Crippen molar-refractivity contribution in [3.63, 3.8) is 0 Å². The third-order valence-corrected chi connectivity index (χ3v) is 1.92. The van der Waals surface area contributed by atoms with E-state index in [1.54, 1.807) is 6.07 Å². The topological polar surface area (TPSA) is 86.2 Å². The Labute approximate surface area is 92.0 Å². The van der Waals surface area contributed by atoms with Crippen LogP contribution in [0.4, 0.5) is 5.69 Å². The molecule has 82 valence electrons. The van der Waals surface area contributed by atoms with Crippen LogP contribution in [0.3, 0.4) is 0 Å². The Hall–Kier alpha value is -2.43. The van der Waals surface area contributed by atoms with Gasteiger partial charge in [-0.05, 0) is 11.6 Å². The highest BCUT2D eigenvalue weighted by atomic mass is 16.6. The summed E-state index contributed by atoms with van der Waals surface area (Å²) in [5.41, 5.74) is 5.66. The monoisotopic (exact) mass is 218 g/mol. The van der Waals surface area contributed by atoms with Gasteiger partial charge in [0.1, 0.15) is 0 Å². The number of nitrogens with two attached hydrogens (primary N) is 1. The number of benzene rings is 1. The first-order valence-electron chi connectivity index (χ1n) is 4.43. The van der Waals surface area contributed by atoms with Crippen LogP contribution in [0, 0.1) is 10.1 Å². The number of carbonyl (C=O) groups excluding carboxylic acids is 1. The third kappa shape index (κ3) is 2.54. The number of rotatable bonds is 4. The number of nitrogens with zero attached hydrogens (tertiary/aromatic N) is 1. The van der Waals surface area contributed by atoms with Crippen LogP contribution in [0.25, 0.3) is 5.57 Å². The molecule has 16 heavy (non-hydrogen) atoms. The van der Waals surface area contributed by atoms with Gasteiger partial charge in [-0.3, -0.25) is 14.9 Å². The maximum Gasteiger partial charge on any atom is 0.270 e. The van der Waals surface area contributed by atoms with Gasteiger partial charge in [0.15, 0.2) is 0 Å². The summed E-state index contributed by atoms with van der Waals surface area (Å²) in [6, 6.07) is 5.70. The van der Waals surface area contributed by atoms with Crippen LogP contribution in [0.15, 0.2) is 43.0 Å². The summed E-state index contributed by atoms with van der Waals surface area (Å²) in [5.74, 6) is -0.652. The second-order valence-electron chi connectivity index (χ2n) is 2.99. The zero-order valence-electron chi connectivity index (χ0n) is 8.42. The normalized spacial score (nSPS) is 10.9. The van der Waals surface area contributed by atoms with Gasteiger partial charge >= 0.3 is 0 Å². The van der Waals surface area contributed by atoms with Crippen LogP contribution >= 0.6 is 0 Å². The summed E-state index contributed by atoms with van der Waals surface area (Å²) in [7, 11) is 0.